The molecule has 120 valence electrons. The highest BCUT2D eigenvalue weighted by molar-refractivity contribution is 5.46. The topological polar surface area (TPSA) is 30.5 Å². The van der Waals surface area contributed by atoms with E-state index in [1.165, 1.54) is 5.56 Å². The first-order chi connectivity index (χ1) is 10.0. The summed E-state index contributed by atoms with van der Waals surface area (Å²) >= 11 is 0. The lowest BCUT2D eigenvalue weighted by Gasteiger charge is -2.17. The van der Waals surface area contributed by atoms with Crippen molar-refractivity contribution in [1.82, 2.24) is 5.32 Å². The Hall–Kier alpha value is -1.22. The van der Waals surface area contributed by atoms with E-state index in [1.807, 2.05) is 19.1 Å². The molecular weight excluding hydrogens is 262 g/mol. The molecule has 0 heterocycles. The lowest BCUT2D eigenvalue weighted by molar-refractivity contribution is 0.258. The Balaban J connectivity index is 2.76. The van der Waals surface area contributed by atoms with E-state index in [-0.39, 0.29) is 0 Å². The van der Waals surface area contributed by atoms with Gasteiger partial charge in [0.15, 0.2) is 11.5 Å². The van der Waals surface area contributed by atoms with Crippen molar-refractivity contribution in [3.05, 3.63) is 23.8 Å². The van der Waals surface area contributed by atoms with Crippen LogP contribution in [0.5, 0.6) is 11.5 Å². The highest BCUT2D eigenvalue weighted by Gasteiger charge is 2.11. The molecule has 0 fully saturated rings. The van der Waals surface area contributed by atoms with Gasteiger partial charge in [-0.1, -0.05) is 39.8 Å². The maximum atomic E-state index is 6.02. The Morgan fingerprint density at radius 1 is 1.05 bits per heavy atom. The third-order valence-corrected chi connectivity index (χ3v) is 3.17. The minimum absolute atomic E-state index is 0.644. The van der Waals surface area contributed by atoms with Crippen LogP contribution in [0.4, 0.5) is 0 Å². The summed E-state index contributed by atoms with van der Waals surface area (Å²) in [5, 5.41) is 3.47. The zero-order valence-electron chi connectivity index (χ0n) is 14.2. The lowest BCUT2D eigenvalue weighted by atomic mass is 10.1. The summed E-state index contributed by atoms with van der Waals surface area (Å²) in [7, 11) is 0. The molecule has 0 radical (unpaired) electrons. The van der Waals surface area contributed by atoms with Crippen LogP contribution in [0.15, 0.2) is 18.2 Å². The molecule has 0 amide bonds. The van der Waals surface area contributed by atoms with Crippen molar-refractivity contribution in [2.75, 3.05) is 19.8 Å². The van der Waals surface area contributed by atoms with E-state index in [9.17, 15) is 0 Å². The predicted octanol–water partition coefficient (Wildman–Crippen LogP) is 4.26. The summed E-state index contributed by atoms with van der Waals surface area (Å²) in [6.45, 7) is 14.1. The molecule has 0 atom stereocenters. The zero-order chi connectivity index (χ0) is 15.7. The lowest BCUT2D eigenvalue weighted by Crippen LogP contribution is -2.19. The van der Waals surface area contributed by atoms with Crippen molar-refractivity contribution in [2.45, 2.75) is 47.6 Å². The largest absolute Gasteiger partial charge is 0.490 e. The van der Waals surface area contributed by atoms with Gasteiger partial charge in [-0.15, -0.1) is 0 Å². The highest BCUT2D eigenvalue weighted by Crippen LogP contribution is 2.31. The zero-order valence-corrected chi connectivity index (χ0v) is 14.2. The number of hydrogen-bond acceptors (Lipinski definition) is 3. The molecule has 1 aromatic rings. The fraction of sp³-hybridized carbons (Fsp3) is 0.667. The summed E-state index contributed by atoms with van der Waals surface area (Å²) in [6.07, 6.45) is 1.05. The van der Waals surface area contributed by atoms with Crippen LogP contribution in [-0.2, 0) is 6.54 Å². The van der Waals surface area contributed by atoms with E-state index < -0.39 is 0 Å². The Bertz CT molecular complexity index is 402. The smallest absolute Gasteiger partial charge is 0.165 e. The SMILES string of the molecule is CCOc1cccc(CNCC(C)C)c1OCCC(C)C. The van der Waals surface area contributed by atoms with Crippen LogP contribution in [0, 0.1) is 11.8 Å². The van der Waals surface area contributed by atoms with Crippen LogP contribution in [0.3, 0.4) is 0 Å². The monoisotopic (exact) mass is 293 g/mol. The molecule has 0 bridgehead atoms. The fourth-order valence-corrected chi connectivity index (χ4v) is 2.03. The number of benzene rings is 1. The van der Waals surface area contributed by atoms with Gasteiger partial charge >= 0.3 is 0 Å². The molecule has 0 saturated carbocycles. The van der Waals surface area contributed by atoms with Crippen LogP contribution in [0.25, 0.3) is 0 Å². The van der Waals surface area contributed by atoms with E-state index in [1.54, 1.807) is 0 Å². The van der Waals surface area contributed by atoms with Gasteiger partial charge in [0.1, 0.15) is 0 Å². The van der Waals surface area contributed by atoms with Crippen molar-refractivity contribution in [3.8, 4) is 11.5 Å². The number of rotatable bonds is 10. The highest BCUT2D eigenvalue weighted by atomic mass is 16.5. The first kappa shape index (κ1) is 17.8. The molecule has 3 heteroatoms. The van der Waals surface area contributed by atoms with Gasteiger partial charge in [0, 0.05) is 12.1 Å². The Morgan fingerprint density at radius 3 is 2.43 bits per heavy atom. The van der Waals surface area contributed by atoms with E-state index in [4.69, 9.17) is 9.47 Å². The van der Waals surface area contributed by atoms with Crippen LogP contribution in [0.1, 0.15) is 46.6 Å². The standard InChI is InChI=1S/C18H31NO2/c1-6-20-17-9-7-8-16(13-19-12-15(4)5)18(17)21-11-10-14(2)3/h7-9,14-15,19H,6,10-13H2,1-5H3. The first-order valence-corrected chi connectivity index (χ1v) is 8.12. The fourth-order valence-electron chi connectivity index (χ4n) is 2.03. The molecule has 0 spiro atoms. The Kier molecular flexibility index (Phi) is 8.21. The summed E-state index contributed by atoms with van der Waals surface area (Å²) in [4.78, 5) is 0. The van der Waals surface area contributed by atoms with Gasteiger partial charge in [-0.2, -0.15) is 0 Å². The molecule has 21 heavy (non-hydrogen) atoms. The third-order valence-electron chi connectivity index (χ3n) is 3.17. The second-order valence-corrected chi connectivity index (χ2v) is 6.23. The van der Waals surface area contributed by atoms with Crippen LogP contribution in [-0.4, -0.2) is 19.8 Å². The maximum absolute atomic E-state index is 6.02. The molecule has 0 saturated heterocycles. The molecule has 1 rings (SSSR count). The van der Waals surface area contributed by atoms with Gasteiger partial charge in [0.05, 0.1) is 13.2 Å². The molecule has 1 N–H and O–H groups in total. The van der Waals surface area contributed by atoms with Gasteiger partial charge in [-0.3, -0.25) is 0 Å². The van der Waals surface area contributed by atoms with Crippen molar-refractivity contribution < 1.29 is 9.47 Å². The summed E-state index contributed by atoms with van der Waals surface area (Å²) < 4.78 is 11.7. The summed E-state index contributed by atoms with van der Waals surface area (Å²) in [5.74, 6) is 3.04. The van der Waals surface area contributed by atoms with E-state index in [0.29, 0.717) is 18.4 Å². The summed E-state index contributed by atoms with van der Waals surface area (Å²) in [5.41, 5.74) is 1.17. The number of para-hydroxylation sites is 1. The van der Waals surface area contributed by atoms with Gasteiger partial charge in [0.25, 0.3) is 0 Å². The minimum atomic E-state index is 0.644. The molecule has 3 nitrogen and oxygen atoms in total. The second kappa shape index (κ2) is 9.67. The van der Waals surface area contributed by atoms with Gasteiger partial charge in [-0.05, 0) is 37.8 Å². The van der Waals surface area contributed by atoms with Gasteiger partial charge < -0.3 is 14.8 Å². The van der Waals surface area contributed by atoms with E-state index in [0.717, 1.165) is 37.6 Å². The molecular formula is C18H31NO2. The van der Waals surface area contributed by atoms with Crippen molar-refractivity contribution in [3.63, 3.8) is 0 Å². The Labute approximate surface area is 130 Å². The normalized spacial score (nSPS) is 11.2. The second-order valence-electron chi connectivity index (χ2n) is 6.23. The van der Waals surface area contributed by atoms with Crippen molar-refractivity contribution in [1.29, 1.82) is 0 Å². The number of nitrogens with one attached hydrogen (secondary N) is 1. The third kappa shape index (κ3) is 6.85. The van der Waals surface area contributed by atoms with Crippen LogP contribution in [0.2, 0.25) is 0 Å². The number of hydrogen-bond donors (Lipinski definition) is 1. The molecule has 0 aliphatic rings. The van der Waals surface area contributed by atoms with Gasteiger partial charge in [-0.25, -0.2) is 0 Å². The van der Waals surface area contributed by atoms with E-state index >= 15 is 0 Å². The molecule has 0 unspecified atom stereocenters. The predicted molar refractivity (Wildman–Crippen MR) is 89.1 cm³/mol. The average Bonchev–Trinajstić information content (AvgIpc) is 2.41. The quantitative estimate of drug-likeness (QED) is 0.699. The number of ether oxygens (including phenoxy) is 2. The molecule has 0 aliphatic carbocycles. The van der Waals surface area contributed by atoms with Crippen LogP contribution >= 0.6 is 0 Å². The Morgan fingerprint density at radius 2 is 1.81 bits per heavy atom. The van der Waals surface area contributed by atoms with Crippen molar-refractivity contribution >= 4 is 0 Å². The van der Waals surface area contributed by atoms with Crippen LogP contribution < -0.4 is 14.8 Å². The molecule has 0 aliphatic heterocycles. The minimum Gasteiger partial charge on any atom is -0.490 e. The molecule has 0 aromatic heterocycles. The van der Waals surface area contributed by atoms with Gasteiger partial charge in [0.2, 0.25) is 0 Å². The van der Waals surface area contributed by atoms with Crippen molar-refractivity contribution in [2.24, 2.45) is 11.8 Å². The van der Waals surface area contributed by atoms with E-state index in [2.05, 4.69) is 39.1 Å². The maximum Gasteiger partial charge on any atom is 0.165 e. The first-order valence-electron chi connectivity index (χ1n) is 8.12. The average molecular weight is 293 g/mol. The molecule has 1 aromatic carbocycles. The summed E-state index contributed by atoms with van der Waals surface area (Å²) in [6, 6.07) is 6.13.